The smallest absolute Gasteiger partial charge is 0.201 e. The van der Waals surface area contributed by atoms with Crippen molar-refractivity contribution in [2.75, 3.05) is 20.8 Å². The number of aromatic nitrogens is 2. The van der Waals surface area contributed by atoms with E-state index >= 15 is 0 Å². The molecule has 0 spiro atoms. The lowest BCUT2D eigenvalue weighted by molar-refractivity contribution is 0.0923. The van der Waals surface area contributed by atoms with Crippen molar-refractivity contribution in [2.24, 2.45) is 12.8 Å². The first-order chi connectivity index (χ1) is 7.61. The molecule has 1 unspecified atom stereocenters. The lowest BCUT2D eigenvalue weighted by Crippen LogP contribution is -2.33. The molecule has 90 valence electrons. The van der Waals surface area contributed by atoms with Crippen LogP contribution >= 0.6 is 0 Å². The normalized spacial score (nSPS) is 12.5. The van der Waals surface area contributed by atoms with Crippen LogP contribution in [-0.4, -0.2) is 42.4 Å². The zero-order chi connectivity index (χ0) is 12.1. The molecule has 0 aliphatic rings. The summed E-state index contributed by atoms with van der Waals surface area (Å²) in [6.07, 6.45) is 1.97. The van der Waals surface area contributed by atoms with Crippen LogP contribution in [0.15, 0.2) is 6.20 Å². The Balaban J connectivity index is 2.82. The molecule has 0 aliphatic heterocycles. The molecule has 1 atom stereocenters. The monoisotopic (exact) mass is 227 g/mol. The number of carbonyl (C=O) groups excluding carboxylic acids is 1. The van der Waals surface area contributed by atoms with E-state index in [-0.39, 0.29) is 5.78 Å². The fourth-order valence-electron chi connectivity index (χ4n) is 1.40. The number of rotatable bonds is 6. The third-order valence-electron chi connectivity index (χ3n) is 2.33. The van der Waals surface area contributed by atoms with Crippen molar-refractivity contribution in [3.05, 3.63) is 11.9 Å². The second-order valence-electron chi connectivity index (χ2n) is 3.44. The summed E-state index contributed by atoms with van der Waals surface area (Å²) in [7, 11) is 4.75. The predicted octanol–water partition coefficient (Wildman–Crippen LogP) is -0.0248. The Hall–Kier alpha value is -1.40. The van der Waals surface area contributed by atoms with Crippen LogP contribution in [0.25, 0.3) is 0 Å². The van der Waals surface area contributed by atoms with Gasteiger partial charge in [-0.1, -0.05) is 0 Å². The van der Waals surface area contributed by atoms with Crippen molar-refractivity contribution < 1.29 is 14.3 Å². The lowest BCUT2D eigenvalue weighted by atomic mass is 10.1. The van der Waals surface area contributed by atoms with E-state index in [2.05, 4.69) is 5.10 Å². The molecule has 16 heavy (non-hydrogen) atoms. The number of carbonyl (C=O) groups is 1. The molecule has 0 bridgehead atoms. The number of nitrogens with zero attached hydrogens (tertiary/aromatic N) is 2. The van der Waals surface area contributed by atoms with Gasteiger partial charge in [-0.15, -0.1) is 0 Å². The fourth-order valence-corrected chi connectivity index (χ4v) is 1.40. The number of methoxy groups -OCH3 is 2. The van der Waals surface area contributed by atoms with E-state index in [0.717, 1.165) is 0 Å². The van der Waals surface area contributed by atoms with E-state index in [4.69, 9.17) is 15.2 Å². The third kappa shape index (κ3) is 2.59. The second kappa shape index (κ2) is 5.62. The maximum atomic E-state index is 12.0. The number of aryl methyl sites for hydroxylation is 1. The van der Waals surface area contributed by atoms with Crippen LogP contribution < -0.4 is 10.5 Å². The molecule has 1 heterocycles. The van der Waals surface area contributed by atoms with Crippen molar-refractivity contribution in [3.8, 4) is 5.75 Å². The summed E-state index contributed by atoms with van der Waals surface area (Å²) in [5, 5.41) is 3.96. The van der Waals surface area contributed by atoms with Crippen LogP contribution in [0.5, 0.6) is 5.75 Å². The number of nitrogens with two attached hydrogens (primary N) is 1. The van der Waals surface area contributed by atoms with Crippen LogP contribution in [0, 0.1) is 0 Å². The van der Waals surface area contributed by atoms with Crippen LogP contribution in [0.3, 0.4) is 0 Å². The van der Waals surface area contributed by atoms with Gasteiger partial charge in [-0.05, 0) is 6.42 Å². The average Bonchev–Trinajstić information content (AvgIpc) is 2.66. The Kier molecular flexibility index (Phi) is 4.45. The van der Waals surface area contributed by atoms with E-state index in [1.807, 2.05) is 0 Å². The van der Waals surface area contributed by atoms with Crippen LogP contribution in [0.4, 0.5) is 0 Å². The number of ether oxygens (including phenoxy) is 2. The Morgan fingerprint density at radius 1 is 1.62 bits per heavy atom. The first-order valence-electron chi connectivity index (χ1n) is 4.96. The number of hydrogen-bond acceptors (Lipinski definition) is 5. The first-order valence-corrected chi connectivity index (χ1v) is 4.96. The van der Waals surface area contributed by atoms with Crippen LogP contribution in [-0.2, 0) is 11.8 Å². The highest BCUT2D eigenvalue weighted by atomic mass is 16.5. The van der Waals surface area contributed by atoms with Gasteiger partial charge in [0.05, 0.1) is 19.3 Å². The molecule has 2 N–H and O–H groups in total. The van der Waals surface area contributed by atoms with E-state index < -0.39 is 6.04 Å². The molecule has 6 nitrogen and oxygen atoms in total. The molecule has 0 saturated carbocycles. The molecule has 0 fully saturated rings. The van der Waals surface area contributed by atoms with E-state index in [1.54, 1.807) is 14.2 Å². The highest BCUT2D eigenvalue weighted by molar-refractivity contribution is 6.00. The van der Waals surface area contributed by atoms with E-state index in [1.165, 1.54) is 18.0 Å². The third-order valence-corrected chi connectivity index (χ3v) is 2.33. The molecule has 0 aliphatic carbocycles. The molecule has 1 aromatic heterocycles. The lowest BCUT2D eigenvalue weighted by Gasteiger charge is -2.11. The first kappa shape index (κ1) is 12.7. The molecule has 0 radical (unpaired) electrons. The predicted molar refractivity (Wildman–Crippen MR) is 58.6 cm³/mol. The van der Waals surface area contributed by atoms with Crippen LogP contribution in [0.2, 0.25) is 0 Å². The highest BCUT2D eigenvalue weighted by Crippen LogP contribution is 2.18. The van der Waals surface area contributed by atoms with Gasteiger partial charge in [0.15, 0.2) is 5.75 Å². The Bertz CT molecular complexity index is 362. The summed E-state index contributed by atoms with van der Waals surface area (Å²) in [4.78, 5) is 12.0. The highest BCUT2D eigenvalue weighted by Gasteiger charge is 2.23. The standard InChI is InChI=1S/C10H17N3O3/c1-13-9(8(16-3)6-12-13)10(14)7(11)4-5-15-2/h6-7H,4-5,11H2,1-3H3. The largest absolute Gasteiger partial charge is 0.493 e. The van der Waals surface area contributed by atoms with Gasteiger partial charge in [-0.2, -0.15) is 5.10 Å². The minimum Gasteiger partial charge on any atom is -0.493 e. The number of hydrogen-bond donors (Lipinski definition) is 1. The summed E-state index contributed by atoms with van der Waals surface area (Å²) >= 11 is 0. The SMILES string of the molecule is COCCC(N)C(=O)c1c(OC)cnn1C. The molecule has 0 saturated heterocycles. The van der Waals surface area contributed by atoms with Gasteiger partial charge in [-0.3, -0.25) is 9.48 Å². The molecule has 0 aromatic carbocycles. The van der Waals surface area contributed by atoms with Crippen molar-refractivity contribution in [1.29, 1.82) is 0 Å². The minimum absolute atomic E-state index is 0.186. The molecule has 0 amide bonds. The van der Waals surface area contributed by atoms with Gasteiger partial charge < -0.3 is 15.2 Å². The van der Waals surface area contributed by atoms with E-state index in [0.29, 0.717) is 24.5 Å². The average molecular weight is 227 g/mol. The summed E-state index contributed by atoms with van der Waals surface area (Å²) in [6, 6.07) is -0.593. The molecule has 1 rings (SSSR count). The quantitative estimate of drug-likeness (QED) is 0.691. The minimum atomic E-state index is -0.593. The Labute approximate surface area is 94.3 Å². The molecular formula is C10H17N3O3. The second-order valence-corrected chi connectivity index (χ2v) is 3.44. The van der Waals surface area contributed by atoms with Crippen molar-refractivity contribution in [3.63, 3.8) is 0 Å². The van der Waals surface area contributed by atoms with Crippen molar-refractivity contribution in [2.45, 2.75) is 12.5 Å². The zero-order valence-corrected chi connectivity index (χ0v) is 9.77. The van der Waals surface area contributed by atoms with Gasteiger partial charge in [0.25, 0.3) is 0 Å². The van der Waals surface area contributed by atoms with Gasteiger partial charge in [-0.25, -0.2) is 0 Å². The van der Waals surface area contributed by atoms with E-state index in [9.17, 15) is 4.79 Å². The number of ketones is 1. The molecular weight excluding hydrogens is 210 g/mol. The van der Waals surface area contributed by atoms with Crippen molar-refractivity contribution >= 4 is 5.78 Å². The van der Waals surface area contributed by atoms with Gasteiger partial charge in [0.2, 0.25) is 5.78 Å². The summed E-state index contributed by atoms with van der Waals surface area (Å²) in [6.45, 7) is 0.451. The summed E-state index contributed by atoms with van der Waals surface area (Å²) in [5.74, 6) is 0.259. The maximum absolute atomic E-state index is 12.0. The topological polar surface area (TPSA) is 79.4 Å². The number of Topliss-reactive ketones (excluding diaryl/α,β-unsaturated/α-hetero) is 1. The summed E-state index contributed by atoms with van der Waals surface area (Å²) < 4.78 is 11.4. The fraction of sp³-hybridized carbons (Fsp3) is 0.600. The Morgan fingerprint density at radius 3 is 2.88 bits per heavy atom. The maximum Gasteiger partial charge on any atom is 0.201 e. The van der Waals surface area contributed by atoms with Gasteiger partial charge >= 0.3 is 0 Å². The van der Waals surface area contributed by atoms with Crippen molar-refractivity contribution in [1.82, 2.24) is 9.78 Å². The summed E-state index contributed by atoms with van der Waals surface area (Å²) in [5.41, 5.74) is 6.16. The van der Waals surface area contributed by atoms with Crippen LogP contribution in [0.1, 0.15) is 16.9 Å². The molecule has 1 aromatic rings. The Morgan fingerprint density at radius 2 is 2.31 bits per heavy atom. The van der Waals surface area contributed by atoms with Gasteiger partial charge in [0, 0.05) is 20.8 Å². The molecule has 6 heteroatoms. The zero-order valence-electron chi connectivity index (χ0n) is 9.77. The van der Waals surface area contributed by atoms with Gasteiger partial charge in [0.1, 0.15) is 5.69 Å².